The first kappa shape index (κ1) is 18.1. The number of nitrogens with zero attached hydrogens (tertiary/aromatic N) is 4. The van der Waals surface area contributed by atoms with E-state index >= 15 is 0 Å². The van der Waals surface area contributed by atoms with E-state index in [4.69, 9.17) is 5.26 Å². The molecule has 0 aliphatic rings. The monoisotopic (exact) mass is 404 g/mol. The summed E-state index contributed by atoms with van der Waals surface area (Å²) in [5.74, 6) is 0.659. The van der Waals surface area contributed by atoms with Gasteiger partial charge in [-0.25, -0.2) is 9.97 Å². The summed E-state index contributed by atoms with van der Waals surface area (Å²) in [7, 11) is 0. The van der Waals surface area contributed by atoms with Gasteiger partial charge in [0.2, 0.25) is 0 Å². The first-order chi connectivity index (χ1) is 13.7. The van der Waals surface area contributed by atoms with Crippen LogP contribution in [0.25, 0.3) is 21.3 Å². The molecule has 0 bridgehead atoms. The lowest BCUT2D eigenvalue weighted by Crippen LogP contribution is -1.90. The van der Waals surface area contributed by atoms with Gasteiger partial charge in [0.1, 0.15) is 16.2 Å². The van der Waals surface area contributed by atoms with E-state index in [0.717, 1.165) is 31.9 Å². The highest BCUT2D eigenvalue weighted by Gasteiger charge is 2.16. The second-order valence-electron chi connectivity index (χ2n) is 5.92. The van der Waals surface area contributed by atoms with E-state index in [2.05, 4.69) is 16.0 Å². The number of fused-ring (bicyclic) bond motifs is 1. The van der Waals surface area contributed by atoms with E-state index in [-0.39, 0.29) is 5.69 Å². The Hall–Kier alpha value is -3.28. The third-order valence-corrected chi connectivity index (χ3v) is 6.08. The number of aromatic nitrogens is 2. The number of non-ortho nitro benzene ring substituents is 1. The Morgan fingerprint density at radius 3 is 2.86 bits per heavy atom. The molecular formula is C20H12N4O2S2. The Balaban J connectivity index is 1.72. The smallest absolute Gasteiger partial charge is 0.258 e. The molecule has 0 saturated carbocycles. The summed E-state index contributed by atoms with van der Waals surface area (Å²) in [5.41, 5.74) is 3.36. The van der Waals surface area contributed by atoms with Crippen LogP contribution in [0.1, 0.15) is 11.1 Å². The maximum absolute atomic E-state index is 11.1. The molecule has 4 aromatic rings. The van der Waals surface area contributed by atoms with Crippen molar-refractivity contribution in [2.75, 3.05) is 0 Å². The molecule has 28 heavy (non-hydrogen) atoms. The van der Waals surface area contributed by atoms with Crippen molar-refractivity contribution >= 4 is 39.0 Å². The second-order valence-corrected chi connectivity index (χ2v) is 7.74. The molecule has 6 nitrogen and oxygen atoms in total. The Labute approximate surface area is 168 Å². The van der Waals surface area contributed by atoms with Gasteiger partial charge in [0.15, 0.2) is 0 Å². The summed E-state index contributed by atoms with van der Waals surface area (Å²) in [6, 6.07) is 16.2. The number of nitriles is 1. The van der Waals surface area contributed by atoms with Gasteiger partial charge in [-0.15, -0.1) is 23.1 Å². The van der Waals surface area contributed by atoms with Crippen molar-refractivity contribution in [3.8, 4) is 17.2 Å². The molecule has 0 N–H and O–H groups in total. The van der Waals surface area contributed by atoms with Gasteiger partial charge < -0.3 is 0 Å². The van der Waals surface area contributed by atoms with E-state index in [1.807, 2.05) is 29.6 Å². The Kier molecular flexibility index (Phi) is 5.02. The maximum atomic E-state index is 11.1. The summed E-state index contributed by atoms with van der Waals surface area (Å²) >= 11 is 3.05. The Morgan fingerprint density at radius 1 is 1.18 bits per heavy atom. The minimum atomic E-state index is -0.396. The first-order valence-corrected chi connectivity index (χ1v) is 10.1. The van der Waals surface area contributed by atoms with E-state index in [0.29, 0.717) is 11.3 Å². The largest absolute Gasteiger partial charge is 0.270 e. The zero-order valence-electron chi connectivity index (χ0n) is 14.4. The van der Waals surface area contributed by atoms with Gasteiger partial charge in [0, 0.05) is 28.8 Å². The molecule has 0 radical (unpaired) electrons. The highest BCUT2D eigenvalue weighted by Crippen LogP contribution is 2.39. The molecule has 0 fully saturated rings. The fraction of sp³-hybridized carbons (Fsp3) is 0.0500. The molecule has 8 heteroatoms. The normalized spacial score (nSPS) is 10.7. The Bertz CT molecular complexity index is 1230. The number of thioether (sulfide) groups is 1. The fourth-order valence-corrected chi connectivity index (χ4v) is 4.78. The van der Waals surface area contributed by atoms with E-state index in [1.165, 1.54) is 23.7 Å². The second kappa shape index (κ2) is 7.76. The third kappa shape index (κ3) is 3.58. The molecule has 2 heterocycles. The summed E-state index contributed by atoms with van der Waals surface area (Å²) in [4.78, 5) is 20.3. The minimum absolute atomic E-state index is 0.0521. The zero-order valence-corrected chi connectivity index (χ0v) is 16.0. The van der Waals surface area contributed by atoms with Gasteiger partial charge in [0.05, 0.1) is 21.9 Å². The van der Waals surface area contributed by atoms with Crippen molar-refractivity contribution in [2.24, 2.45) is 0 Å². The summed E-state index contributed by atoms with van der Waals surface area (Å²) in [6.45, 7) is 0. The molecule has 2 aromatic heterocycles. The number of hydrogen-bond acceptors (Lipinski definition) is 7. The average Bonchev–Trinajstić information content (AvgIpc) is 3.17. The molecule has 0 amide bonds. The lowest BCUT2D eigenvalue weighted by Gasteiger charge is -2.06. The van der Waals surface area contributed by atoms with Crippen LogP contribution in [0.15, 0.2) is 65.3 Å². The fourth-order valence-electron chi connectivity index (χ4n) is 2.84. The Morgan fingerprint density at radius 2 is 2.04 bits per heavy atom. The van der Waals surface area contributed by atoms with E-state index < -0.39 is 4.92 Å². The molecule has 0 aliphatic carbocycles. The van der Waals surface area contributed by atoms with E-state index in [1.54, 1.807) is 30.0 Å². The number of nitro groups is 1. The predicted octanol–water partition coefficient (Wildman–Crippen LogP) is 5.43. The van der Waals surface area contributed by atoms with Crippen LogP contribution < -0.4 is 0 Å². The van der Waals surface area contributed by atoms with Gasteiger partial charge >= 0.3 is 0 Å². The number of nitro benzene ring substituents is 1. The van der Waals surface area contributed by atoms with Crippen molar-refractivity contribution in [1.82, 2.24) is 9.97 Å². The average molecular weight is 404 g/mol. The number of rotatable bonds is 5. The molecule has 136 valence electrons. The molecule has 4 rings (SSSR count). The highest BCUT2D eigenvalue weighted by molar-refractivity contribution is 7.98. The minimum Gasteiger partial charge on any atom is -0.258 e. The van der Waals surface area contributed by atoms with Crippen LogP contribution in [0.3, 0.4) is 0 Å². The predicted molar refractivity (Wildman–Crippen MR) is 110 cm³/mol. The maximum Gasteiger partial charge on any atom is 0.270 e. The van der Waals surface area contributed by atoms with E-state index in [9.17, 15) is 10.1 Å². The number of benzene rings is 2. The highest BCUT2D eigenvalue weighted by atomic mass is 32.2. The van der Waals surface area contributed by atoms with Crippen molar-refractivity contribution in [2.45, 2.75) is 10.8 Å². The molecule has 0 spiro atoms. The number of thiophene rings is 1. The van der Waals surface area contributed by atoms with Gasteiger partial charge in [-0.2, -0.15) is 5.26 Å². The van der Waals surface area contributed by atoms with Crippen LogP contribution in [0, 0.1) is 21.4 Å². The van der Waals surface area contributed by atoms with Crippen molar-refractivity contribution in [3.05, 3.63) is 81.5 Å². The molecule has 0 aliphatic heterocycles. The summed E-state index contributed by atoms with van der Waals surface area (Å²) in [5, 5.41) is 23.9. The quantitative estimate of drug-likeness (QED) is 0.191. The van der Waals surface area contributed by atoms with Crippen LogP contribution in [0.4, 0.5) is 5.69 Å². The van der Waals surface area contributed by atoms with Crippen LogP contribution in [-0.4, -0.2) is 14.9 Å². The molecule has 2 aromatic carbocycles. The first-order valence-electron chi connectivity index (χ1n) is 8.24. The molecule has 0 saturated heterocycles. The van der Waals surface area contributed by atoms with Crippen molar-refractivity contribution in [3.63, 3.8) is 0 Å². The standard InChI is InChI=1S/C20H12N4O2S2/c21-9-13-3-1-4-14(7-13)10-27-19-18-17(11-28-20(18)23-12-22-19)15-5-2-6-16(8-15)24(25)26/h1-8,11-12H,10H2. The SMILES string of the molecule is N#Cc1cccc(CSc2ncnc3scc(-c4cccc([N+](=O)[O-])c4)c23)c1. The summed E-state index contributed by atoms with van der Waals surface area (Å²) < 4.78 is 0. The van der Waals surface area contributed by atoms with Crippen LogP contribution in [0.2, 0.25) is 0 Å². The van der Waals surface area contributed by atoms with Gasteiger partial charge in [-0.3, -0.25) is 10.1 Å². The zero-order chi connectivity index (χ0) is 19.5. The van der Waals surface area contributed by atoms with Crippen molar-refractivity contribution < 1.29 is 4.92 Å². The lowest BCUT2D eigenvalue weighted by atomic mass is 10.1. The van der Waals surface area contributed by atoms with Crippen LogP contribution in [-0.2, 0) is 5.75 Å². The van der Waals surface area contributed by atoms with Crippen LogP contribution in [0.5, 0.6) is 0 Å². The molecule has 0 unspecified atom stereocenters. The molecular weight excluding hydrogens is 392 g/mol. The number of hydrogen-bond donors (Lipinski definition) is 0. The molecule has 0 atom stereocenters. The van der Waals surface area contributed by atoms with Gasteiger partial charge in [-0.05, 0) is 23.3 Å². The van der Waals surface area contributed by atoms with Gasteiger partial charge in [-0.1, -0.05) is 24.3 Å². The van der Waals surface area contributed by atoms with Gasteiger partial charge in [0.25, 0.3) is 5.69 Å². The third-order valence-electron chi connectivity index (χ3n) is 4.14. The van der Waals surface area contributed by atoms with Crippen molar-refractivity contribution in [1.29, 1.82) is 5.26 Å². The summed E-state index contributed by atoms with van der Waals surface area (Å²) in [6.07, 6.45) is 1.53. The van der Waals surface area contributed by atoms with Crippen LogP contribution >= 0.6 is 23.1 Å². The lowest BCUT2D eigenvalue weighted by molar-refractivity contribution is -0.384. The topological polar surface area (TPSA) is 92.7 Å².